The lowest BCUT2D eigenvalue weighted by Gasteiger charge is -2.11. The van der Waals surface area contributed by atoms with E-state index in [-0.39, 0.29) is 17.3 Å². The normalized spacial score (nSPS) is 14.4. The van der Waals surface area contributed by atoms with Crippen LogP contribution < -0.4 is 11.3 Å². The molecule has 0 radical (unpaired) electrons. The molecule has 0 bridgehead atoms. The third-order valence-corrected chi connectivity index (χ3v) is 3.82. The molecule has 110 valence electrons. The van der Waals surface area contributed by atoms with Crippen LogP contribution in [-0.4, -0.2) is 14.5 Å². The molecule has 2 heterocycles. The Labute approximate surface area is 125 Å². The van der Waals surface area contributed by atoms with Crippen LogP contribution in [0.5, 0.6) is 0 Å². The Morgan fingerprint density at radius 1 is 1.27 bits per heavy atom. The summed E-state index contributed by atoms with van der Waals surface area (Å²) in [5.41, 5.74) is 7.81. The van der Waals surface area contributed by atoms with Crippen LogP contribution in [-0.2, 0) is 0 Å². The van der Waals surface area contributed by atoms with Crippen molar-refractivity contribution in [2.75, 3.05) is 5.73 Å². The Balaban J connectivity index is 2.10. The van der Waals surface area contributed by atoms with E-state index >= 15 is 0 Å². The van der Waals surface area contributed by atoms with E-state index in [1.54, 1.807) is 29.0 Å². The fraction of sp³-hybridized carbons (Fsp3) is 0.188. The third-order valence-electron chi connectivity index (χ3n) is 3.82. The van der Waals surface area contributed by atoms with Gasteiger partial charge >= 0.3 is 0 Å². The molecule has 1 saturated carbocycles. The molecule has 3 aromatic rings. The molecule has 2 N–H and O–H groups in total. The molecule has 0 atom stereocenters. The highest BCUT2D eigenvalue weighted by molar-refractivity contribution is 5.85. The molecule has 1 aliphatic rings. The molecular formula is C16H13FN4O. The molecule has 22 heavy (non-hydrogen) atoms. The van der Waals surface area contributed by atoms with E-state index in [9.17, 15) is 9.18 Å². The first-order valence-electron chi connectivity index (χ1n) is 7.08. The van der Waals surface area contributed by atoms with Crippen molar-refractivity contribution in [3.05, 3.63) is 52.7 Å². The zero-order chi connectivity index (χ0) is 15.3. The molecule has 4 rings (SSSR count). The van der Waals surface area contributed by atoms with Gasteiger partial charge in [0.1, 0.15) is 17.0 Å². The van der Waals surface area contributed by atoms with E-state index in [2.05, 4.69) is 9.97 Å². The molecule has 0 amide bonds. The number of rotatable bonds is 2. The Morgan fingerprint density at radius 2 is 2.09 bits per heavy atom. The molecule has 0 saturated heterocycles. The highest BCUT2D eigenvalue weighted by atomic mass is 19.1. The number of nitrogen functional groups attached to an aromatic ring is 1. The van der Waals surface area contributed by atoms with Crippen molar-refractivity contribution in [1.29, 1.82) is 0 Å². The third kappa shape index (κ3) is 1.95. The Hall–Kier alpha value is -2.76. The monoisotopic (exact) mass is 296 g/mol. The van der Waals surface area contributed by atoms with E-state index in [0.717, 1.165) is 12.8 Å². The van der Waals surface area contributed by atoms with Crippen molar-refractivity contribution in [2.24, 2.45) is 0 Å². The van der Waals surface area contributed by atoms with Gasteiger partial charge in [-0.05, 0) is 31.0 Å². The highest BCUT2D eigenvalue weighted by Crippen LogP contribution is 2.36. The van der Waals surface area contributed by atoms with Crippen LogP contribution >= 0.6 is 0 Å². The van der Waals surface area contributed by atoms with Crippen LogP contribution in [0.25, 0.3) is 22.4 Å². The summed E-state index contributed by atoms with van der Waals surface area (Å²) >= 11 is 0. The van der Waals surface area contributed by atoms with Crippen LogP contribution in [0.1, 0.15) is 18.9 Å². The van der Waals surface area contributed by atoms with Gasteiger partial charge in [0.25, 0.3) is 5.56 Å². The number of pyridine rings is 1. The van der Waals surface area contributed by atoms with E-state index in [0.29, 0.717) is 22.4 Å². The lowest BCUT2D eigenvalue weighted by Crippen LogP contribution is -2.24. The van der Waals surface area contributed by atoms with Crippen molar-refractivity contribution in [3.8, 4) is 11.3 Å². The second-order valence-electron chi connectivity index (χ2n) is 5.45. The van der Waals surface area contributed by atoms with E-state index < -0.39 is 5.82 Å². The van der Waals surface area contributed by atoms with E-state index in [1.807, 2.05) is 0 Å². The van der Waals surface area contributed by atoms with Crippen LogP contribution in [0.2, 0.25) is 0 Å². The summed E-state index contributed by atoms with van der Waals surface area (Å²) in [6.45, 7) is 0. The summed E-state index contributed by atoms with van der Waals surface area (Å²) in [7, 11) is 0. The number of anilines is 1. The lowest BCUT2D eigenvalue weighted by molar-refractivity contribution is 0.628. The maximum Gasteiger partial charge on any atom is 0.279 e. The van der Waals surface area contributed by atoms with Crippen molar-refractivity contribution < 1.29 is 4.39 Å². The molecule has 1 fully saturated rings. The number of hydrogen-bond acceptors (Lipinski definition) is 4. The largest absolute Gasteiger partial charge is 0.397 e. The van der Waals surface area contributed by atoms with Gasteiger partial charge in [-0.1, -0.05) is 12.1 Å². The first kappa shape index (κ1) is 12.9. The smallest absolute Gasteiger partial charge is 0.279 e. The quantitative estimate of drug-likeness (QED) is 0.788. The van der Waals surface area contributed by atoms with Crippen molar-refractivity contribution >= 4 is 16.9 Å². The topological polar surface area (TPSA) is 73.8 Å². The van der Waals surface area contributed by atoms with Gasteiger partial charge in [-0.3, -0.25) is 9.36 Å². The van der Waals surface area contributed by atoms with Gasteiger partial charge in [0.15, 0.2) is 5.65 Å². The van der Waals surface area contributed by atoms with E-state index in [1.165, 1.54) is 12.1 Å². The Kier molecular flexibility index (Phi) is 2.72. The average molecular weight is 296 g/mol. The second-order valence-corrected chi connectivity index (χ2v) is 5.45. The minimum absolute atomic E-state index is 0.125. The van der Waals surface area contributed by atoms with Crippen molar-refractivity contribution in [1.82, 2.24) is 14.5 Å². The molecule has 1 aliphatic carbocycles. The van der Waals surface area contributed by atoms with Gasteiger partial charge < -0.3 is 5.73 Å². The number of halogens is 1. The van der Waals surface area contributed by atoms with E-state index in [4.69, 9.17) is 5.73 Å². The maximum absolute atomic E-state index is 13.5. The first-order valence-corrected chi connectivity index (χ1v) is 7.08. The molecule has 6 heteroatoms. The summed E-state index contributed by atoms with van der Waals surface area (Å²) in [6, 6.07) is 7.64. The zero-order valence-electron chi connectivity index (χ0n) is 11.7. The Bertz CT molecular complexity index is 947. The predicted octanol–water partition coefficient (Wildman–Crippen LogP) is 2.51. The number of fused-ring (bicyclic) bond motifs is 1. The van der Waals surface area contributed by atoms with Crippen LogP contribution in [0, 0.1) is 5.82 Å². The van der Waals surface area contributed by atoms with Gasteiger partial charge in [0.2, 0.25) is 0 Å². The fourth-order valence-corrected chi connectivity index (χ4v) is 2.61. The summed E-state index contributed by atoms with van der Waals surface area (Å²) in [5.74, 6) is -0.407. The molecule has 2 aromatic heterocycles. The molecule has 1 aromatic carbocycles. The van der Waals surface area contributed by atoms with Gasteiger partial charge in [0, 0.05) is 17.8 Å². The van der Waals surface area contributed by atoms with Crippen molar-refractivity contribution in [2.45, 2.75) is 18.9 Å². The average Bonchev–Trinajstić information content (AvgIpc) is 3.31. The van der Waals surface area contributed by atoms with Crippen LogP contribution in [0.15, 0.2) is 41.3 Å². The molecule has 0 unspecified atom stereocenters. The molecular weight excluding hydrogens is 283 g/mol. The summed E-state index contributed by atoms with van der Waals surface area (Å²) in [6.07, 6.45) is 3.43. The van der Waals surface area contributed by atoms with Crippen LogP contribution in [0.3, 0.4) is 0 Å². The maximum atomic E-state index is 13.5. The minimum Gasteiger partial charge on any atom is -0.397 e. The van der Waals surface area contributed by atoms with Gasteiger partial charge in [-0.15, -0.1) is 0 Å². The number of nitrogens with zero attached hydrogens (tertiary/aromatic N) is 3. The number of benzene rings is 1. The second kappa shape index (κ2) is 4.62. The molecule has 5 nitrogen and oxygen atoms in total. The number of hydrogen-bond donors (Lipinski definition) is 1. The highest BCUT2D eigenvalue weighted by Gasteiger charge is 2.29. The summed E-state index contributed by atoms with van der Waals surface area (Å²) < 4.78 is 15.1. The van der Waals surface area contributed by atoms with Gasteiger partial charge in [-0.25, -0.2) is 14.4 Å². The Morgan fingerprint density at radius 3 is 2.82 bits per heavy atom. The summed E-state index contributed by atoms with van der Waals surface area (Å²) in [4.78, 5) is 21.4. The number of aromatic nitrogens is 3. The molecule has 0 aliphatic heterocycles. The zero-order valence-corrected chi connectivity index (χ0v) is 11.7. The standard InChI is InChI=1S/C16H13FN4O/c17-10-3-1-2-9(8-10)13-16(22)21(11-4-5-11)15-14(20-13)12(18)6-7-19-15/h1-3,6-8,11H,4-5H2,(H2,18,19). The van der Waals surface area contributed by atoms with Crippen molar-refractivity contribution in [3.63, 3.8) is 0 Å². The number of nitrogens with two attached hydrogens (primary N) is 1. The van der Waals surface area contributed by atoms with Crippen LogP contribution in [0.4, 0.5) is 10.1 Å². The summed E-state index contributed by atoms with van der Waals surface area (Å²) in [5, 5.41) is 0. The minimum atomic E-state index is -0.407. The molecule has 0 spiro atoms. The first-order chi connectivity index (χ1) is 10.6. The lowest BCUT2D eigenvalue weighted by atomic mass is 10.1. The van der Waals surface area contributed by atoms with Gasteiger partial charge in [0.05, 0.1) is 5.69 Å². The van der Waals surface area contributed by atoms with Gasteiger partial charge in [-0.2, -0.15) is 0 Å². The fourth-order valence-electron chi connectivity index (χ4n) is 2.61. The predicted molar refractivity (Wildman–Crippen MR) is 81.9 cm³/mol. The SMILES string of the molecule is Nc1ccnc2c1nc(-c1cccc(F)c1)c(=O)n2C1CC1.